The zero-order valence-electron chi connectivity index (χ0n) is 14.3. The fourth-order valence-corrected chi connectivity index (χ4v) is 4.46. The Balaban J connectivity index is 1.67. The largest absolute Gasteiger partial charge is 0.487 e. The van der Waals surface area contributed by atoms with E-state index in [4.69, 9.17) is 9.47 Å². The fraction of sp³-hybridized carbons (Fsp3) is 0.632. The highest BCUT2D eigenvalue weighted by molar-refractivity contribution is 5.99. The first-order chi connectivity index (χ1) is 11.8. The number of hydrogen-bond acceptors (Lipinski definition) is 4. The Labute approximate surface area is 143 Å². The van der Waals surface area contributed by atoms with Crippen molar-refractivity contribution in [1.82, 2.24) is 4.90 Å². The van der Waals surface area contributed by atoms with E-state index in [2.05, 4.69) is 4.90 Å². The molecule has 0 N–H and O–H groups in total. The van der Waals surface area contributed by atoms with Crippen LogP contribution in [0.4, 0.5) is 5.69 Å². The van der Waals surface area contributed by atoms with E-state index in [1.54, 1.807) is 7.11 Å². The van der Waals surface area contributed by atoms with Crippen molar-refractivity contribution in [3.63, 3.8) is 0 Å². The smallest absolute Gasteiger partial charge is 0.244 e. The van der Waals surface area contributed by atoms with Gasteiger partial charge in [-0.05, 0) is 25.0 Å². The number of likely N-dealkylation sites (tertiary alicyclic amines) is 1. The van der Waals surface area contributed by atoms with E-state index in [0.717, 1.165) is 24.4 Å². The molecule has 1 saturated carbocycles. The predicted molar refractivity (Wildman–Crippen MR) is 92.5 cm³/mol. The van der Waals surface area contributed by atoms with Crippen LogP contribution in [0.2, 0.25) is 0 Å². The number of carbonyl (C=O) groups excluding carboxylic acids is 1. The summed E-state index contributed by atoms with van der Waals surface area (Å²) in [5.41, 5.74) is 0.877. The van der Waals surface area contributed by atoms with Gasteiger partial charge in [0.2, 0.25) is 5.91 Å². The molecule has 24 heavy (non-hydrogen) atoms. The summed E-state index contributed by atoms with van der Waals surface area (Å²) >= 11 is 0. The first-order valence-corrected chi connectivity index (χ1v) is 9.09. The third-order valence-corrected chi connectivity index (χ3v) is 5.61. The van der Waals surface area contributed by atoms with E-state index in [1.165, 1.54) is 25.7 Å². The maximum atomic E-state index is 13.4. The Kier molecular flexibility index (Phi) is 4.46. The summed E-state index contributed by atoms with van der Waals surface area (Å²) in [6.45, 7) is 1.96. The molecule has 1 aliphatic carbocycles. The van der Waals surface area contributed by atoms with Crippen LogP contribution in [0, 0.1) is 0 Å². The summed E-state index contributed by atoms with van der Waals surface area (Å²) in [4.78, 5) is 17.7. The molecule has 1 aromatic carbocycles. The van der Waals surface area contributed by atoms with Crippen molar-refractivity contribution in [1.29, 1.82) is 0 Å². The topological polar surface area (TPSA) is 42.0 Å². The number of amides is 1. The molecule has 4 rings (SSSR count). The van der Waals surface area contributed by atoms with Gasteiger partial charge in [-0.2, -0.15) is 0 Å². The van der Waals surface area contributed by atoms with Crippen LogP contribution in [-0.4, -0.2) is 55.8 Å². The molecule has 130 valence electrons. The summed E-state index contributed by atoms with van der Waals surface area (Å²) < 4.78 is 11.5. The number of para-hydroxylation sites is 2. The van der Waals surface area contributed by atoms with Gasteiger partial charge in [0.15, 0.2) is 0 Å². The standard InChI is InChI=1S/C19H26N2O3/c1-23-11-10-20-16-8-4-5-9-18(16)24-15-12-17(19(20)22)21(13-15)14-6-2-3-7-14/h4-5,8-9,14-15,17H,2-3,6-7,10-13H2,1H3/t15-,17-/m0/s1. The van der Waals surface area contributed by atoms with Crippen molar-refractivity contribution in [3.05, 3.63) is 24.3 Å². The first-order valence-electron chi connectivity index (χ1n) is 9.09. The summed E-state index contributed by atoms with van der Waals surface area (Å²) in [6, 6.07) is 8.38. The molecule has 0 spiro atoms. The summed E-state index contributed by atoms with van der Waals surface area (Å²) in [6.07, 6.45) is 5.89. The number of ether oxygens (including phenoxy) is 2. The number of rotatable bonds is 4. The lowest BCUT2D eigenvalue weighted by atomic mass is 10.1. The molecule has 5 nitrogen and oxygen atoms in total. The fourth-order valence-electron chi connectivity index (χ4n) is 4.46. The minimum absolute atomic E-state index is 0.0525. The number of hydrogen-bond donors (Lipinski definition) is 0. The number of carbonyl (C=O) groups is 1. The average molecular weight is 330 g/mol. The van der Waals surface area contributed by atoms with E-state index in [-0.39, 0.29) is 18.1 Å². The van der Waals surface area contributed by atoms with Gasteiger partial charge >= 0.3 is 0 Å². The highest BCUT2D eigenvalue weighted by Crippen LogP contribution is 2.38. The normalized spacial score (nSPS) is 27.7. The average Bonchev–Trinajstić information content (AvgIpc) is 3.24. The van der Waals surface area contributed by atoms with Gasteiger partial charge in [-0.25, -0.2) is 0 Å². The first kappa shape index (κ1) is 15.9. The van der Waals surface area contributed by atoms with Gasteiger partial charge in [-0.1, -0.05) is 25.0 Å². The Hall–Kier alpha value is -1.59. The number of anilines is 1. The van der Waals surface area contributed by atoms with Crippen LogP contribution < -0.4 is 9.64 Å². The minimum Gasteiger partial charge on any atom is -0.487 e. The van der Waals surface area contributed by atoms with Gasteiger partial charge in [0.25, 0.3) is 0 Å². The number of nitrogens with zero attached hydrogens (tertiary/aromatic N) is 2. The lowest BCUT2D eigenvalue weighted by Gasteiger charge is -2.33. The second kappa shape index (κ2) is 6.73. The molecule has 1 amide bonds. The van der Waals surface area contributed by atoms with Gasteiger partial charge in [0, 0.05) is 32.7 Å². The molecule has 0 unspecified atom stereocenters. The van der Waals surface area contributed by atoms with Gasteiger partial charge in [-0.15, -0.1) is 0 Å². The van der Waals surface area contributed by atoms with Gasteiger partial charge in [0.1, 0.15) is 11.9 Å². The maximum Gasteiger partial charge on any atom is 0.244 e. The highest BCUT2D eigenvalue weighted by Gasteiger charge is 2.45. The molecule has 2 atom stereocenters. The molecule has 5 heteroatoms. The molecular weight excluding hydrogens is 304 g/mol. The Morgan fingerprint density at radius 2 is 2.04 bits per heavy atom. The van der Waals surface area contributed by atoms with E-state index in [0.29, 0.717) is 19.2 Å². The van der Waals surface area contributed by atoms with Gasteiger partial charge in [-0.3, -0.25) is 9.69 Å². The van der Waals surface area contributed by atoms with Crippen molar-refractivity contribution in [2.24, 2.45) is 0 Å². The van der Waals surface area contributed by atoms with Crippen LogP contribution >= 0.6 is 0 Å². The molecule has 2 heterocycles. The second-order valence-electron chi connectivity index (χ2n) is 7.08. The molecule has 2 aliphatic heterocycles. The van der Waals surface area contributed by atoms with Crippen LogP contribution in [0.3, 0.4) is 0 Å². The van der Waals surface area contributed by atoms with E-state index < -0.39 is 0 Å². The molecule has 0 radical (unpaired) electrons. The number of fused-ring (bicyclic) bond motifs is 3. The SMILES string of the molecule is COCCN1C(=O)[C@@H]2C[C@@H](CN2C2CCCC2)Oc2ccccc21. The van der Waals surface area contributed by atoms with Crippen molar-refractivity contribution >= 4 is 11.6 Å². The summed E-state index contributed by atoms with van der Waals surface area (Å²) in [5, 5.41) is 0. The van der Waals surface area contributed by atoms with Crippen LogP contribution in [0.15, 0.2) is 24.3 Å². The van der Waals surface area contributed by atoms with Crippen LogP contribution in [0.25, 0.3) is 0 Å². The zero-order chi connectivity index (χ0) is 16.5. The van der Waals surface area contributed by atoms with Crippen molar-refractivity contribution < 1.29 is 14.3 Å². The molecule has 2 fully saturated rings. The third kappa shape index (κ3) is 2.80. The molecule has 3 aliphatic rings. The zero-order valence-corrected chi connectivity index (χ0v) is 14.3. The number of benzene rings is 1. The summed E-state index contributed by atoms with van der Waals surface area (Å²) in [7, 11) is 1.67. The van der Waals surface area contributed by atoms with Gasteiger partial charge in [0.05, 0.1) is 18.3 Å². The third-order valence-electron chi connectivity index (χ3n) is 5.61. The van der Waals surface area contributed by atoms with Crippen molar-refractivity contribution in [2.45, 2.75) is 50.3 Å². The van der Waals surface area contributed by atoms with E-state index in [9.17, 15) is 4.79 Å². The molecular formula is C19H26N2O3. The summed E-state index contributed by atoms with van der Waals surface area (Å²) in [5.74, 6) is 1.02. The van der Waals surface area contributed by atoms with E-state index >= 15 is 0 Å². The lowest BCUT2D eigenvalue weighted by Crippen LogP contribution is -2.49. The quantitative estimate of drug-likeness (QED) is 0.850. The maximum absolute atomic E-state index is 13.4. The van der Waals surface area contributed by atoms with Crippen molar-refractivity contribution in [3.8, 4) is 5.75 Å². The Bertz CT molecular complexity index is 600. The minimum atomic E-state index is -0.0525. The lowest BCUT2D eigenvalue weighted by molar-refractivity contribution is -0.123. The number of methoxy groups -OCH3 is 1. The van der Waals surface area contributed by atoms with Gasteiger partial charge < -0.3 is 14.4 Å². The molecule has 2 bridgehead atoms. The van der Waals surface area contributed by atoms with E-state index in [1.807, 2.05) is 29.2 Å². The predicted octanol–water partition coefficient (Wildman–Crippen LogP) is 2.44. The van der Waals surface area contributed by atoms with Crippen LogP contribution in [-0.2, 0) is 9.53 Å². The van der Waals surface area contributed by atoms with Crippen molar-refractivity contribution in [2.75, 3.05) is 31.7 Å². The van der Waals surface area contributed by atoms with Crippen LogP contribution in [0.5, 0.6) is 5.75 Å². The second-order valence-corrected chi connectivity index (χ2v) is 7.08. The molecule has 0 aromatic heterocycles. The van der Waals surface area contributed by atoms with Crippen LogP contribution in [0.1, 0.15) is 32.1 Å². The molecule has 1 saturated heterocycles. The molecule has 1 aromatic rings. The Morgan fingerprint density at radius 1 is 1.25 bits per heavy atom. The highest BCUT2D eigenvalue weighted by atomic mass is 16.5. The Morgan fingerprint density at radius 3 is 2.83 bits per heavy atom. The monoisotopic (exact) mass is 330 g/mol.